The molecule has 2 aromatic rings. The second-order valence-corrected chi connectivity index (χ2v) is 5.93. The molecule has 1 aromatic heterocycles. The second-order valence-electron chi connectivity index (χ2n) is 5.93. The maximum absolute atomic E-state index is 13.2. The van der Waals surface area contributed by atoms with Crippen LogP contribution in [0.5, 0.6) is 0 Å². The molecule has 2 N–H and O–H groups in total. The van der Waals surface area contributed by atoms with Crippen LogP contribution < -0.4 is 5.32 Å². The maximum Gasteiger partial charge on any atom is 0.434 e. The van der Waals surface area contributed by atoms with Crippen molar-refractivity contribution in [3.05, 3.63) is 59.4 Å². The van der Waals surface area contributed by atoms with E-state index in [1.807, 2.05) is 6.92 Å². The molecule has 0 atom stereocenters. The molecular formula is C18H18F3N3O4. The quantitative estimate of drug-likeness (QED) is 0.528. The predicted octanol–water partition coefficient (Wildman–Crippen LogP) is 2.91. The van der Waals surface area contributed by atoms with E-state index in [9.17, 15) is 22.8 Å². The van der Waals surface area contributed by atoms with E-state index in [4.69, 9.17) is 9.84 Å². The van der Waals surface area contributed by atoms with Crippen molar-refractivity contribution < 1.29 is 32.6 Å². The first-order chi connectivity index (χ1) is 13.1. The smallest absolute Gasteiger partial charge is 0.434 e. The third kappa shape index (κ3) is 5.19. The van der Waals surface area contributed by atoms with Crippen LogP contribution in [0, 0.1) is 0 Å². The molecular weight excluding hydrogens is 379 g/mol. The highest BCUT2D eigenvalue weighted by Crippen LogP contribution is 2.33. The Morgan fingerprint density at radius 1 is 1.29 bits per heavy atom. The molecule has 0 unspecified atom stereocenters. The fourth-order valence-corrected chi connectivity index (χ4v) is 2.31. The summed E-state index contributed by atoms with van der Waals surface area (Å²) in [5.74, 6) is -2.16. The Hall–Kier alpha value is -3.14. The lowest BCUT2D eigenvalue weighted by atomic mass is 10.2. The van der Waals surface area contributed by atoms with Gasteiger partial charge >= 0.3 is 12.1 Å². The van der Waals surface area contributed by atoms with Gasteiger partial charge in [-0.2, -0.15) is 18.3 Å². The number of hydrogen-bond acceptors (Lipinski definition) is 4. The van der Waals surface area contributed by atoms with Gasteiger partial charge in [-0.05, 0) is 31.2 Å². The maximum atomic E-state index is 13.2. The highest BCUT2D eigenvalue weighted by atomic mass is 19.4. The highest BCUT2D eigenvalue weighted by Gasteiger charge is 2.40. The van der Waals surface area contributed by atoms with Crippen molar-refractivity contribution in [3.63, 3.8) is 0 Å². The van der Waals surface area contributed by atoms with Gasteiger partial charge in [0.2, 0.25) is 0 Å². The number of benzene rings is 1. The van der Waals surface area contributed by atoms with Crippen molar-refractivity contribution in [1.29, 1.82) is 0 Å². The van der Waals surface area contributed by atoms with E-state index in [1.54, 1.807) is 0 Å². The number of carbonyl (C=O) groups excluding carboxylic acids is 1. The van der Waals surface area contributed by atoms with Gasteiger partial charge in [-0.25, -0.2) is 9.48 Å². The Bertz CT molecular complexity index is 873. The van der Waals surface area contributed by atoms with Gasteiger partial charge in [-0.3, -0.25) is 4.79 Å². The molecule has 150 valence electrons. The summed E-state index contributed by atoms with van der Waals surface area (Å²) >= 11 is 0. The lowest BCUT2D eigenvalue weighted by Crippen LogP contribution is -2.27. The molecule has 0 fully saturated rings. The van der Waals surface area contributed by atoms with E-state index in [1.165, 1.54) is 24.3 Å². The number of aromatic carboxylic acids is 1. The monoisotopic (exact) mass is 397 g/mol. The molecule has 0 aliphatic carbocycles. The SMILES string of the molecule is C=C(C)COCCNC(=O)c1ccc(-n2ncc(C(=O)O)c2C(F)(F)F)cc1. The normalized spacial score (nSPS) is 11.3. The second kappa shape index (κ2) is 8.70. The number of rotatable bonds is 8. The van der Waals surface area contributed by atoms with E-state index in [0.717, 1.165) is 5.57 Å². The van der Waals surface area contributed by atoms with Crippen molar-refractivity contribution in [3.8, 4) is 5.69 Å². The first kappa shape index (κ1) is 21.2. The molecule has 0 saturated heterocycles. The van der Waals surface area contributed by atoms with E-state index >= 15 is 0 Å². The number of carboxylic acid groups (broad SMARTS) is 1. The van der Waals surface area contributed by atoms with Crippen LogP contribution in [0.2, 0.25) is 0 Å². The van der Waals surface area contributed by atoms with Crippen LogP contribution >= 0.6 is 0 Å². The summed E-state index contributed by atoms with van der Waals surface area (Å²) in [4.78, 5) is 23.1. The molecule has 1 amide bonds. The lowest BCUT2D eigenvalue weighted by molar-refractivity contribution is -0.143. The molecule has 0 radical (unpaired) electrons. The fourth-order valence-electron chi connectivity index (χ4n) is 2.31. The van der Waals surface area contributed by atoms with Crippen molar-refractivity contribution in [2.45, 2.75) is 13.1 Å². The molecule has 10 heteroatoms. The molecule has 28 heavy (non-hydrogen) atoms. The Morgan fingerprint density at radius 2 is 1.93 bits per heavy atom. The summed E-state index contributed by atoms with van der Waals surface area (Å²) in [5.41, 5.74) is -1.30. The van der Waals surface area contributed by atoms with Crippen LogP contribution in [-0.2, 0) is 10.9 Å². The molecule has 0 aliphatic heterocycles. The van der Waals surface area contributed by atoms with Gasteiger partial charge in [0.05, 0.1) is 25.1 Å². The number of carbonyl (C=O) groups is 2. The number of alkyl halides is 3. The fraction of sp³-hybridized carbons (Fsp3) is 0.278. The van der Waals surface area contributed by atoms with E-state index in [0.29, 0.717) is 17.5 Å². The Balaban J connectivity index is 2.12. The highest BCUT2D eigenvalue weighted by molar-refractivity contribution is 5.94. The van der Waals surface area contributed by atoms with Crippen LogP contribution in [-0.4, -0.2) is 46.5 Å². The van der Waals surface area contributed by atoms with Gasteiger partial charge in [0.25, 0.3) is 5.91 Å². The molecule has 7 nitrogen and oxygen atoms in total. The number of nitrogens with one attached hydrogen (secondary N) is 1. The summed E-state index contributed by atoms with van der Waals surface area (Å²) < 4.78 is 45.5. The van der Waals surface area contributed by atoms with Crippen LogP contribution in [0.25, 0.3) is 5.69 Å². The van der Waals surface area contributed by atoms with Crippen molar-refractivity contribution in [1.82, 2.24) is 15.1 Å². The first-order valence-corrected chi connectivity index (χ1v) is 8.10. The zero-order valence-corrected chi connectivity index (χ0v) is 14.9. The van der Waals surface area contributed by atoms with Crippen LogP contribution in [0.15, 0.2) is 42.6 Å². The first-order valence-electron chi connectivity index (χ1n) is 8.10. The summed E-state index contributed by atoms with van der Waals surface area (Å²) in [6.45, 7) is 6.42. The summed E-state index contributed by atoms with van der Waals surface area (Å²) in [6.07, 6.45) is -4.28. The third-order valence-electron chi connectivity index (χ3n) is 3.52. The zero-order chi connectivity index (χ0) is 20.9. The van der Waals surface area contributed by atoms with Crippen LogP contribution in [0.4, 0.5) is 13.2 Å². The molecule has 1 aromatic carbocycles. The molecule has 0 bridgehead atoms. The Kier molecular flexibility index (Phi) is 6.57. The molecule has 0 spiro atoms. The Morgan fingerprint density at radius 3 is 2.46 bits per heavy atom. The number of halogens is 3. The minimum Gasteiger partial charge on any atom is -0.478 e. The van der Waals surface area contributed by atoms with Gasteiger partial charge in [-0.15, -0.1) is 0 Å². The summed E-state index contributed by atoms with van der Waals surface area (Å²) in [5, 5.41) is 15.1. The minimum atomic E-state index is -4.91. The van der Waals surface area contributed by atoms with Crippen molar-refractivity contribution in [2.75, 3.05) is 19.8 Å². The average molecular weight is 397 g/mol. The Labute approximate surface area is 158 Å². The van der Waals surface area contributed by atoms with Crippen LogP contribution in [0.3, 0.4) is 0 Å². The summed E-state index contributed by atoms with van der Waals surface area (Å²) in [6, 6.07) is 5.14. The molecule has 2 rings (SSSR count). The van der Waals surface area contributed by atoms with Gasteiger partial charge in [0.15, 0.2) is 5.69 Å². The van der Waals surface area contributed by atoms with Crippen molar-refractivity contribution in [2.24, 2.45) is 0 Å². The van der Waals surface area contributed by atoms with Crippen molar-refractivity contribution >= 4 is 11.9 Å². The van der Waals surface area contributed by atoms with Gasteiger partial charge in [-0.1, -0.05) is 12.2 Å². The third-order valence-corrected chi connectivity index (χ3v) is 3.52. The van der Waals surface area contributed by atoms with E-state index in [2.05, 4.69) is 17.0 Å². The largest absolute Gasteiger partial charge is 0.478 e. The number of nitrogens with zero attached hydrogens (tertiary/aromatic N) is 2. The summed E-state index contributed by atoms with van der Waals surface area (Å²) in [7, 11) is 0. The van der Waals surface area contributed by atoms with E-state index in [-0.39, 0.29) is 24.4 Å². The molecule has 1 heterocycles. The number of amides is 1. The van der Waals surface area contributed by atoms with Crippen LogP contribution in [0.1, 0.15) is 33.3 Å². The molecule has 0 saturated carbocycles. The topological polar surface area (TPSA) is 93.5 Å². The zero-order valence-electron chi connectivity index (χ0n) is 14.9. The van der Waals surface area contributed by atoms with Gasteiger partial charge in [0.1, 0.15) is 5.56 Å². The van der Waals surface area contributed by atoms with E-state index < -0.39 is 29.3 Å². The van der Waals surface area contributed by atoms with Gasteiger partial charge < -0.3 is 15.2 Å². The number of carboxylic acids is 1. The van der Waals surface area contributed by atoms with Gasteiger partial charge in [0, 0.05) is 12.1 Å². The number of hydrogen-bond donors (Lipinski definition) is 2. The standard InChI is InChI=1S/C18H18F3N3O4/c1-11(2)10-28-8-7-22-16(25)12-3-5-13(6-4-12)24-15(18(19,20)21)14(9-23-24)17(26)27/h3-6,9H,1,7-8,10H2,2H3,(H,22,25)(H,26,27). The number of aromatic nitrogens is 2. The molecule has 0 aliphatic rings. The lowest BCUT2D eigenvalue weighted by Gasteiger charge is -2.12. The predicted molar refractivity (Wildman–Crippen MR) is 93.5 cm³/mol. The minimum absolute atomic E-state index is 0.0267. The number of ether oxygens (including phenoxy) is 1. The average Bonchev–Trinajstić information content (AvgIpc) is 3.07.